The van der Waals surface area contributed by atoms with Gasteiger partial charge in [-0.25, -0.2) is 14.5 Å². The number of nitrogens with zero attached hydrogens (tertiary/aromatic N) is 3. The van der Waals surface area contributed by atoms with E-state index in [2.05, 4.69) is 17.0 Å². The van der Waals surface area contributed by atoms with Gasteiger partial charge in [-0.15, -0.1) is 0 Å². The molecule has 3 aromatic rings. The van der Waals surface area contributed by atoms with Crippen molar-refractivity contribution in [3.63, 3.8) is 0 Å². The number of pyridine rings is 1. The molecule has 0 aliphatic heterocycles. The van der Waals surface area contributed by atoms with E-state index in [9.17, 15) is 4.79 Å². The van der Waals surface area contributed by atoms with Crippen LogP contribution in [0.1, 0.15) is 34.4 Å². The highest BCUT2D eigenvalue weighted by Crippen LogP contribution is 2.19. The number of aryl methyl sites for hydroxylation is 3. The second kappa shape index (κ2) is 8.89. The SMILES string of the molecule is CCc1cccc(OCCOC(=O)c2nc(-n3nc(C)cc3C)ccc2Cl)c1. The number of halogens is 1. The second-order valence-corrected chi connectivity index (χ2v) is 6.73. The quantitative estimate of drug-likeness (QED) is 0.437. The third-order valence-electron chi connectivity index (χ3n) is 4.14. The van der Waals surface area contributed by atoms with Crippen molar-refractivity contribution in [3.8, 4) is 11.6 Å². The Morgan fingerprint density at radius 3 is 2.68 bits per heavy atom. The zero-order valence-electron chi connectivity index (χ0n) is 16.1. The predicted molar refractivity (Wildman–Crippen MR) is 107 cm³/mol. The number of esters is 1. The summed E-state index contributed by atoms with van der Waals surface area (Å²) in [7, 11) is 0. The van der Waals surface area contributed by atoms with E-state index in [1.54, 1.807) is 16.8 Å². The van der Waals surface area contributed by atoms with Crippen molar-refractivity contribution in [2.24, 2.45) is 0 Å². The largest absolute Gasteiger partial charge is 0.490 e. The van der Waals surface area contributed by atoms with Crippen LogP contribution in [0.25, 0.3) is 5.82 Å². The van der Waals surface area contributed by atoms with Crippen molar-refractivity contribution in [2.45, 2.75) is 27.2 Å². The lowest BCUT2D eigenvalue weighted by atomic mass is 10.2. The van der Waals surface area contributed by atoms with Gasteiger partial charge in [0.15, 0.2) is 11.5 Å². The summed E-state index contributed by atoms with van der Waals surface area (Å²) < 4.78 is 12.6. The smallest absolute Gasteiger partial charge is 0.358 e. The molecule has 2 heterocycles. The van der Waals surface area contributed by atoms with Crippen molar-refractivity contribution >= 4 is 17.6 Å². The highest BCUT2D eigenvalue weighted by atomic mass is 35.5. The number of hydrogen-bond acceptors (Lipinski definition) is 5. The molecule has 0 N–H and O–H groups in total. The maximum atomic E-state index is 12.4. The molecule has 0 bridgehead atoms. The Morgan fingerprint density at radius 1 is 1.14 bits per heavy atom. The monoisotopic (exact) mass is 399 g/mol. The van der Waals surface area contributed by atoms with Gasteiger partial charge in [0, 0.05) is 5.69 Å². The van der Waals surface area contributed by atoms with E-state index in [0.29, 0.717) is 5.82 Å². The first kappa shape index (κ1) is 19.9. The lowest BCUT2D eigenvalue weighted by molar-refractivity contribution is 0.0443. The Labute approximate surface area is 169 Å². The molecule has 146 valence electrons. The Hall–Kier alpha value is -2.86. The summed E-state index contributed by atoms with van der Waals surface area (Å²) in [6.45, 7) is 6.23. The molecule has 0 saturated carbocycles. The molecule has 3 rings (SSSR count). The van der Waals surface area contributed by atoms with Crippen LogP contribution in [-0.4, -0.2) is 33.9 Å². The molecule has 0 atom stereocenters. The molecule has 1 aromatic carbocycles. The average molecular weight is 400 g/mol. The first-order chi connectivity index (χ1) is 13.5. The van der Waals surface area contributed by atoms with E-state index >= 15 is 0 Å². The van der Waals surface area contributed by atoms with Gasteiger partial charge >= 0.3 is 5.97 Å². The van der Waals surface area contributed by atoms with Gasteiger partial charge in [0.2, 0.25) is 0 Å². The van der Waals surface area contributed by atoms with E-state index in [1.165, 1.54) is 5.56 Å². The molecule has 0 radical (unpaired) electrons. The zero-order valence-corrected chi connectivity index (χ0v) is 16.9. The van der Waals surface area contributed by atoms with Gasteiger partial charge in [-0.2, -0.15) is 5.10 Å². The number of aromatic nitrogens is 3. The van der Waals surface area contributed by atoms with Gasteiger partial charge in [-0.05, 0) is 56.2 Å². The molecule has 0 aliphatic carbocycles. The number of ether oxygens (including phenoxy) is 2. The van der Waals surface area contributed by atoms with E-state index < -0.39 is 5.97 Å². The van der Waals surface area contributed by atoms with Crippen LogP contribution < -0.4 is 4.74 Å². The predicted octanol–water partition coefficient (Wildman–Crippen LogP) is 4.34. The van der Waals surface area contributed by atoms with Crippen molar-refractivity contribution in [1.29, 1.82) is 0 Å². The van der Waals surface area contributed by atoms with Gasteiger partial charge in [0.05, 0.1) is 10.7 Å². The molecule has 0 spiro atoms. The lowest BCUT2D eigenvalue weighted by Crippen LogP contribution is -2.15. The van der Waals surface area contributed by atoms with Crippen LogP contribution in [-0.2, 0) is 11.2 Å². The maximum Gasteiger partial charge on any atom is 0.358 e. The van der Waals surface area contributed by atoms with Crippen LogP contribution >= 0.6 is 11.6 Å². The van der Waals surface area contributed by atoms with Gasteiger partial charge in [0.25, 0.3) is 0 Å². The van der Waals surface area contributed by atoms with Gasteiger partial charge in [0.1, 0.15) is 19.0 Å². The van der Waals surface area contributed by atoms with Crippen LogP contribution in [0.2, 0.25) is 5.02 Å². The topological polar surface area (TPSA) is 66.2 Å². The van der Waals surface area contributed by atoms with Crippen LogP contribution in [0.3, 0.4) is 0 Å². The summed E-state index contributed by atoms with van der Waals surface area (Å²) in [4.78, 5) is 16.7. The van der Waals surface area contributed by atoms with Crippen molar-refractivity contribution in [1.82, 2.24) is 14.8 Å². The van der Waals surface area contributed by atoms with Crippen LogP contribution in [0.15, 0.2) is 42.5 Å². The number of benzene rings is 1. The molecule has 6 nitrogen and oxygen atoms in total. The highest BCUT2D eigenvalue weighted by Gasteiger charge is 2.16. The summed E-state index contributed by atoms with van der Waals surface area (Å²) in [6, 6.07) is 13.1. The molecule has 2 aromatic heterocycles. The Balaban J connectivity index is 1.62. The van der Waals surface area contributed by atoms with E-state index in [4.69, 9.17) is 21.1 Å². The molecule has 0 saturated heterocycles. The Bertz CT molecular complexity index is 985. The Morgan fingerprint density at radius 2 is 1.96 bits per heavy atom. The normalized spacial score (nSPS) is 10.7. The fourth-order valence-corrected chi connectivity index (χ4v) is 2.95. The number of carbonyl (C=O) groups excluding carboxylic acids is 1. The third kappa shape index (κ3) is 4.70. The molecule has 28 heavy (non-hydrogen) atoms. The highest BCUT2D eigenvalue weighted by molar-refractivity contribution is 6.33. The van der Waals surface area contributed by atoms with Crippen molar-refractivity contribution in [2.75, 3.05) is 13.2 Å². The minimum absolute atomic E-state index is 0.0553. The first-order valence-corrected chi connectivity index (χ1v) is 9.44. The second-order valence-electron chi connectivity index (χ2n) is 6.32. The molecule has 0 unspecified atom stereocenters. The standard InChI is InChI=1S/C21H22ClN3O3/c1-4-16-6-5-7-17(13-16)27-10-11-28-21(26)20-18(22)8-9-19(23-20)25-15(3)12-14(2)24-25/h5-9,12-13H,4,10-11H2,1-3H3. The van der Waals surface area contributed by atoms with E-state index in [1.807, 2.05) is 44.2 Å². The van der Waals surface area contributed by atoms with Crippen molar-refractivity contribution < 1.29 is 14.3 Å². The fraction of sp³-hybridized carbons (Fsp3) is 0.286. The average Bonchev–Trinajstić information content (AvgIpc) is 3.03. The number of carbonyl (C=O) groups is 1. The summed E-state index contributed by atoms with van der Waals surface area (Å²) in [5.74, 6) is 0.659. The fourth-order valence-electron chi connectivity index (χ4n) is 2.77. The minimum atomic E-state index is -0.598. The molecular formula is C21H22ClN3O3. The number of rotatable bonds is 7. The summed E-state index contributed by atoms with van der Waals surface area (Å²) in [5.41, 5.74) is 3.02. The maximum absolute atomic E-state index is 12.4. The van der Waals surface area contributed by atoms with Gasteiger partial charge in [-0.1, -0.05) is 30.7 Å². The Kier molecular flexibility index (Phi) is 6.31. The minimum Gasteiger partial charge on any atom is -0.490 e. The van der Waals surface area contributed by atoms with Crippen LogP contribution in [0.4, 0.5) is 0 Å². The molecule has 0 aliphatic rings. The van der Waals surface area contributed by atoms with Gasteiger partial charge < -0.3 is 9.47 Å². The third-order valence-corrected chi connectivity index (χ3v) is 4.45. The number of hydrogen-bond donors (Lipinski definition) is 0. The van der Waals surface area contributed by atoms with Crippen LogP contribution in [0.5, 0.6) is 5.75 Å². The summed E-state index contributed by atoms with van der Waals surface area (Å²) in [6.07, 6.45) is 0.932. The van der Waals surface area contributed by atoms with E-state index in [-0.39, 0.29) is 23.9 Å². The first-order valence-electron chi connectivity index (χ1n) is 9.07. The summed E-state index contributed by atoms with van der Waals surface area (Å²) in [5, 5.41) is 4.60. The van der Waals surface area contributed by atoms with Crippen LogP contribution in [0, 0.1) is 13.8 Å². The summed E-state index contributed by atoms with van der Waals surface area (Å²) >= 11 is 6.14. The zero-order chi connectivity index (χ0) is 20.1. The molecular weight excluding hydrogens is 378 g/mol. The van der Waals surface area contributed by atoms with Crippen molar-refractivity contribution in [3.05, 3.63) is 70.1 Å². The molecule has 0 amide bonds. The lowest BCUT2D eigenvalue weighted by Gasteiger charge is -2.10. The van der Waals surface area contributed by atoms with Gasteiger partial charge in [-0.3, -0.25) is 0 Å². The molecule has 0 fully saturated rings. The molecule has 7 heteroatoms. The van der Waals surface area contributed by atoms with E-state index in [0.717, 1.165) is 23.6 Å².